The van der Waals surface area contributed by atoms with Gasteiger partial charge in [0.1, 0.15) is 29.7 Å². The first kappa shape index (κ1) is 24.3. The lowest BCUT2D eigenvalue weighted by atomic mass is 10.0. The number of hydrogen-bond acceptors (Lipinski definition) is 7. The van der Waals surface area contributed by atoms with Gasteiger partial charge in [0.2, 0.25) is 0 Å². The normalized spacial score (nSPS) is 16.6. The average molecular weight is 523 g/mol. The fourth-order valence-corrected chi connectivity index (χ4v) is 7.60. The van der Waals surface area contributed by atoms with Crippen molar-refractivity contribution in [3.8, 4) is 11.5 Å². The molecular weight excluding hydrogens is 499 g/mol. The third kappa shape index (κ3) is 5.99. The minimum Gasteiger partial charge on any atom is -0.497 e. The molecule has 2 heterocycles. The number of hydrogen-bond donors (Lipinski definition) is 1. The van der Waals surface area contributed by atoms with Crippen LogP contribution >= 0.6 is 34.7 Å². The third-order valence-corrected chi connectivity index (χ3v) is 9.89. The lowest BCUT2D eigenvalue weighted by Gasteiger charge is -2.16. The predicted octanol–water partition coefficient (Wildman–Crippen LogP) is 3.70. The van der Waals surface area contributed by atoms with Crippen LogP contribution in [0, 0.1) is 0 Å². The van der Waals surface area contributed by atoms with E-state index in [0.29, 0.717) is 16.5 Å². The molecule has 3 aromatic rings. The van der Waals surface area contributed by atoms with Crippen LogP contribution in [0.1, 0.15) is 6.42 Å². The number of anilines is 1. The Kier molecular flexibility index (Phi) is 7.50. The molecule has 1 aliphatic heterocycles. The molecule has 174 valence electrons. The maximum atomic E-state index is 13.1. The number of halogens is 1. The standard InChI is InChI=1S/C22H24BClN2O4S3/c1-26-9-8-16(13-26)30-20-10-14(6-7-19(20)24)25-33(27,28)21-12-18(23)22(32-21)31-17-5-3-4-15(11-17)29-2/h3-7,10-12,16,25H,8-9,13,23H2,1-2H3/t16-/m1/s1. The van der Waals surface area contributed by atoms with Gasteiger partial charge in [-0.1, -0.05) is 34.9 Å². The third-order valence-electron chi connectivity index (χ3n) is 5.19. The van der Waals surface area contributed by atoms with Gasteiger partial charge in [-0.25, -0.2) is 8.42 Å². The van der Waals surface area contributed by atoms with Gasteiger partial charge in [-0.2, -0.15) is 0 Å². The highest BCUT2D eigenvalue weighted by atomic mass is 35.5. The zero-order chi connectivity index (χ0) is 23.6. The topological polar surface area (TPSA) is 67.9 Å². The molecular formula is C22H24BClN2O4S3. The van der Waals surface area contributed by atoms with E-state index in [1.807, 2.05) is 39.2 Å². The summed E-state index contributed by atoms with van der Waals surface area (Å²) in [5, 5.41) is 0.455. The number of nitrogens with one attached hydrogen (secondary N) is 1. The monoisotopic (exact) mass is 522 g/mol. The smallest absolute Gasteiger partial charge is 0.271 e. The van der Waals surface area contributed by atoms with Gasteiger partial charge in [0.15, 0.2) is 0 Å². The second-order valence-corrected chi connectivity index (χ2v) is 12.6. The van der Waals surface area contributed by atoms with Gasteiger partial charge in [0.05, 0.1) is 22.0 Å². The highest BCUT2D eigenvalue weighted by Gasteiger charge is 2.23. The minimum absolute atomic E-state index is 0.0375. The molecule has 0 spiro atoms. The van der Waals surface area contributed by atoms with Crippen molar-refractivity contribution in [3.63, 3.8) is 0 Å². The molecule has 1 aromatic heterocycles. The minimum atomic E-state index is -3.76. The molecule has 1 fully saturated rings. The first-order chi connectivity index (χ1) is 15.7. The fraction of sp³-hybridized carbons (Fsp3) is 0.273. The lowest BCUT2D eigenvalue weighted by Crippen LogP contribution is -2.21. The maximum absolute atomic E-state index is 13.1. The van der Waals surface area contributed by atoms with Crippen LogP contribution in [-0.2, 0) is 10.0 Å². The number of methoxy groups -OCH3 is 1. The highest BCUT2D eigenvalue weighted by Crippen LogP contribution is 2.36. The molecule has 1 atom stereocenters. The van der Waals surface area contributed by atoms with E-state index >= 15 is 0 Å². The van der Waals surface area contributed by atoms with Gasteiger partial charge < -0.3 is 14.4 Å². The Morgan fingerprint density at radius 1 is 1.24 bits per heavy atom. The number of sulfonamides is 1. The summed E-state index contributed by atoms with van der Waals surface area (Å²) in [4.78, 5) is 3.17. The van der Waals surface area contributed by atoms with Crippen molar-refractivity contribution < 1.29 is 17.9 Å². The number of benzene rings is 2. The molecule has 0 radical (unpaired) electrons. The Morgan fingerprint density at radius 2 is 2.06 bits per heavy atom. The van der Waals surface area contributed by atoms with E-state index in [-0.39, 0.29) is 10.3 Å². The van der Waals surface area contributed by atoms with Crippen molar-refractivity contribution in [2.75, 3.05) is 32.0 Å². The van der Waals surface area contributed by atoms with Crippen LogP contribution in [0.15, 0.2) is 61.8 Å². The molecule has 1 aliphatic rings. The van der Waals surface area contributed by atoms with Crippen molar-refractivity contribution in [3.05, 3.63) is 53.6 Å². The summed E-state index contributed by atoms with van der Waals surface area (Å²) in [5.74, 6) is 1.24. The number of likely N-dealkylation sites (N-methyl/N-ethyl adjacent to an activating group) is 1. The van der Waals surface area contributed by atoms with E-state index in [1.165, 1.54) is 23.1 Å². The molecule has 0 amide bonds. The predicted molar refractivity (Wildman–Crippen MR) is 138 cm³/mol. The van der Waals surface area contributed by atoms with Gasteiger partial charge >= 0.3 is 0 Å². The van der Waals surface area contributed by atoms with Gasteiger partial charge in [-0.15, -0.1) is 11.3 Å². The summed E-state index contributed by atoms with van der Waals surface area (Å²) in [5.41, 5.74) is 1.31. The zero-order valence-electron chi connectivity index (χ0n) is 18.5. The molecule has 2 aromatic carbocycles. The molecule has 0 saturated carbocycles. The molecule has 1 N–H and O–H groups in total. The van der Waals surface area contributed by atoms with Crippen LogP contribution < -0.4 is 19.7 Å². The molecule has 0 unspecified atom stereocenters. The molecule has 0 aliphatic carbocycles. The number of thiophene rings is 1. The van der Waals surface area contributed by atoms with Crippen molar-refractivity contribution in [2.45, 2.75) is 25.8 Å². The lowest BCUT2D eigenvalue weighted by molar-refractivity contribution is 0.208. The van der Waals surface area contributed by atoms with Crippen LogP contribution in [0.5, 0.6) is 11.5 Å². The largest absolute Gasteiger partial charge is 0.497 e. The maximum Gasteiger partial charge on any atom is 0.271 e. The van der Waals surface area contributed by atoms with Crippen molar-refractivity contribution >= 4 is 63.7 Å². The number of rotatable bonds is 8. The number of nitrogens with zero attached hydrogens (tertiary/aromatic N) is 1. The number of ether oxygens (including phenoxy) is 2. The SMILES string of the molecule is Bc1cc(S(=O)(=O)Nc2ccc(Cl)c(O[C@@H]3CCN(C)C3)c2)sc1Sc1cccc(OC)c1. The fourth-order valence-electron chi connectivity index (χ4n) is 3.48. The Labute approximate surface area is 208 Å². The number of likely N-dealkylation sites (tertiary alicyclic amines) is 1. The first-order valence-corrected chi connectivity index (χ1v) is 13.8. The Morgan fingerprint density at radius 3 is 2.79 bits per heavy atom. The molecule has 6 nitrogen and oxygen atoms in total. The zero-order valence-corrected chi connectivity index (χ0v) is 21.7. The summed E-state index contributed by atoms with van der Waals surface area (Å²) in [6, 6.07) is 14.3. The van der Waals surface area contributed by atoms with Crippen LogP contribution in [0.25, 0.3) is 0 Å². The molecule has 0 bridgehead atoms. The molecule has 4 rings (SSSR count). The van der Waals surface area contributed by atoms with Gasteiger partial charge in [-0.05, 0) is 49.9 Å². The Hall–Kier alpha value is -1.85. The second kappa shape index (κ2) is 10.2. The first-order valence-electron chi connectivity index (χ1n) is 10.3. The summed E-state index contributed by atoms with van der Waals surface area (Å²) >= 11 is 9.05. The quantitative estimate of drug-likeness (QED) is 0.455. The average Bonchev–Trinajstić information content (AvgIpc) is 3.36. The molecule has 11 heteroatoms. The summed E-state index contributed by atoms with van der Waals surface area (Å²) in [6.07, 6.45) is 0.945. The van der Waals surface area contributed by atoms with Gasteiger partial charge in [0.25, 0.3) is 10.0 Å². The summed E-state index contributed by atoms with van der Waals surface area (Å²) in [7, 11) is 1.81. The Balaban J connectivity index is 1.51. The van der Waals surface area contributed by atoms with Gasteiger partial charge in [-0.3, -0.25) is 4.72 Å². The van der Waals surface area contributed by atoms with Crippen LogP contribution in [0.2, 0.25) is 5.02 Å². The summed E-state index contributed by atoms with van der Waals surface area (Å²) < 4.78 is 41.3. The van der Waals surface area contributed by atoms with Crippen molar-refractivity contribution in [2.24, 2.45) is 0 Å². The van der Waals surface area contributed by atoms with Crippen molar-refractivity contribution in [1.82, 2.24) is 4.90 Å². The van der Waals surface area contributed by atoms with E-state index in [4.69, 9.17) is 21.1 Å². The Bertz CT molecular complexity index is 1250. The molecule has 33 heavy (non-hydrogen) atoms. The van der Waals surface area contributed by atoms with Crippen LogP contribution in [0.4, 0.5) is 5.69 Å². The van der Waals surface area contributed by atoms with Crippen molar-refractivity contribution in [1.29, 1.82) is 0 Å². The summed E-state index contributed by atoms with van der Waals surface area (Å²) in [6.45, 7) is 1.77. The van der Waals surface area contributed by atoms with Crippen LogP contribution in [0.3, 0.4) is 0 Å². The van der Waals surface area contributed by atoms with E-state index in [1.54, 1.807) is 31.4 Å². The highest BCUT2D eigenvalue weighted by molar-refractivity contribution is 8.02. The van der Waals surface area contributed by atoms with Gasteiger partial charge in [0, 0.05) is 24.1 Å². The second-order valence-electron chi connectivity index (χ2n) is 7.86. The van der Waals surface area contributed by atoms with E-state index < -0.39 is 10.0 Å². The van der Waals surface area contributed by atoms with E-state index in [2.05, 4.69) is 9.62 Å². The van der Waals surface area contributed by atoms with Crippen LogP contribution in [-0.4, -0.2) is 54.5 Å². The van der Waals surface area contributed by atoms with E-state index in [9.17, 15) is 8.42 Å². The molecule has 1 saturated heterocycles. The van der Waals surface area contributed by atoms with E-state index in [0.717, 1.165) is 39.8 Å².